The van der Waals surface area contributed by atoms with Crippen LogP contribution in [0.25, 0.3) is 10.2 Å². The highest BCUT2D eigenvalue weighted by atomic mass is 35.5. The highest BCUT2D eigenvalue weighted by Gasteiger charge is 2.25. The number of amides is 1. The summed E-state index contributed by atoms with van der Waals surface area (Å²) in [6.45, 7) is 5.15. The molecule has 1 amide bonds. The Balaban J connectivity index is 1.68. The number of halogens is 1. The molecule has 6 nitrogen and oxygen atoms in total. The number of benzene rings is 3. The molecular formula is C27H28ClN3O3S2. The van der Waals surface area contributed by atoms with Crippen LogP contribution in [-0.4, -0.2) is 36.7 Å². The predicted octanol–water partition coefficient (Wildman–Crippen LogP) is 6.61. The van der Waals surface area contributed by atoms with Gasteiger partial charge in [0.05, 0.1) is 21.2 Å². The first-order valence-electron chi connectivity index (χ1n) is 11.9. The molecule has 0 spiro atoms. The Labute approximate surface area is 221 Å². The van der Waals surface area contributed by atoms with Gasteiger partial charge in [-0.1, -0.05) is 73.2 Å². The molecule has 188 valence electrons. The van der Waals surface area contributed by atoms with Crippen LogP contribution in [-0.2, 0) is 16.6 Å². The summed E-state index contributed by atoms with van der Waals surface area (Å²) in [6, 6.07) is 21.4. The molecule has 1 heterocycles. The summed E-state index contributed by atoms with van der Waals surface area (Å²) in [6.07, 6.45) is 1.47. The number of anilines is 1. The van der Waals surface area contributed by atoms with Gasteiger partial charge in [0, 0.05) is 18.7 Å². The molecule has 0 saturated heterocycles. The summed E-state index contributed by atoms with van der Waals surface area (Å²) in [5.41, 5.74) is 1.98. The van der Waals surface area contributed by atoms with Crippen LogP contribution in [0.15, 0.2) is 77.7 Å². The van der Waals surface area contributed by atoms with Crippen molar-refractivity contribution >= 4 is 54.2 Å². The van der Waals surface area contributed by atoms with E-state index in [0.29, 0.717) is 40.9 Å². The number of rotatable bonds is 10. The number of carbonyl (C=O) groups is 1. The van der Waals surface area contributed by atoms with Crippen molar-refractivity contribution in [3.05, 3.63) is 88.9 Å². The fourth-order valence-corrected chi connectivity index (χ4v) is 6.82. The van der Waals surface area contributed by atoms with E-state index in [1.807, 2.05) is 56.3 Å². The lowest BCUT2D eigenvalue weighted by Gasteiger charge is -2.22. The molecule has 0 aliphatic heterocycles. The minimum atomic E-state index is -3.63. The summed E-state index contributed by atoms with van der Waals surface area (Å²) in [5.74, 6) is -0.267. The zero-order valence-corrected chi connectivity index (χ0v) is 22.6. The molecular weight excluding hydrogens is 514 g/mol. The van der Waals surface area contributed by atoms with Crippen molar-refractivity contribution in [3.8, 4) is 0 Å². The highest BCUT2D eigenvalue weighted by Crippen LogP contribution is 2.34. The van der Waals surface area contributed by atoms with E-state index in [4.69, 9.17) is 11.6 Å². The van der Waals surface area contributed by atoms with Crippen molar-refractivity contribution in [2.45, 2.75) is 38.1 Å². The molecule has 0 fully saturated rings. The fourth-order valence-electron chi connectivity index (χ4n) is 3.94. The van der Waals surface area contributed by atoms with Gasteiger partial charge >= 0.3 is 0 Å². The molecule has 0 saturated carbocycles. The fraction of sp³-hybridized carbons (Fsp3) is 0.259. The van der Waals surface area contributed by atoms with Crippen molar-refractivity contribution in [2.24, 2.45) is 0 Å². The average molecular weight is 542 g/mol. The topological polar surface area (TPSA) is 70.6 Å². The molecule has 0 aliphatic rings. The largest absolute Gasteiger partial charge is 0.279 e. The van der Waals surface area contributed by atoms with Crippen LogP contribution in [0.4, 0.5) is 5.13 Å². The van der Waals surface area contributed by atoms with Crippen molar-refractivity contribution < 1.29 is 13.2 Å². The van der Waals surface area contributed by atoms with Crippen LogP contribution in [0.2, 0.25) is 5.02 Å². The van der Waals surface area contributed by atoms with Gasteiger partial charge in [-0.05, 0) is 54.8 Å². The third kappa shape index (κ3) is 5.62. The number of para-hydroxylation sites is 1. The Bertz CT molecular complexity index is 1430. The Morgan fingerprint density at radius 2 is 1.58 bits per heavy atom. The molecule has 0 bridgehead atoms. The first-order chi connectivity index (χ1) is 17.3. The van der Waals surface area contributed by atoms with Gasteiger partial charge < -0.3 is 0 Å². The van der Waals surface area contributed by atoms with Gasteiger partial charge in [-0.2, -0.15) is 4.31 Å². The van der Waals surface area contributed by atoms with E-state index in [1.54, 1.807) is 23.1 Å². The maximum atomic E-state index is 13.7. The number of hydrogen-bond donors (Lipinski definition) is 0. The molecule has 3 aromatic carbocycles. The van der Waals surface area contributed by atoms with Crippen molar-refractivity contribution in [2.75, 3.05) is 18.0 Å². The van der Waals surface area contributed by atoms with Crippen molar-refractivity contribution in [1.29, 1.82) is 0 Å². The molecule has 0 radical (unpaired) electrons. The molecule has 0 N–H and O–H groups in total. The SMILES string of the molecule is CCCN(CCC)S(=O)(=O)c1ccc(C(=O)N(Cc2ccccc2)c2nc3c(Cl)cccc3s2)cc1. The number of nitrogens with zero attached hydrogens (tertiary/aromatic N) is 3. The van der Waals surface area contributed by atoms with Crippen molar-refractivity contribution in [3.63, 3.8) is 0 Å². The normalized spacial score (nSPS) is 11.8. The van der Waals surface area contributed by atoms with Gasteiger partial charge in [0.2, 0.25) is 10.0 Å². The van der Waals surface area contributed by atoms with Gasteiger partial charge in [0.25, 0.3) is 5.91 Å². The Kier molecular flexibility index (Phi) is 8.41. The monoisotopic (exact) mass is 541 g/mol. The van der Waals surface area contributed by atoms with Crippen LogP contribution in [0.5, 0.6) is 0 Å². The Morgan fingerprint density at radius 3 is 2.19 bits per heavy atom. The maximum absolute atomic E-state index is 13.7. The van der Waals surface area contributed by atoms with Gasteiger partial charge in [0.1, 0.15) is 5.52 Å². The number of fused-ring (bicyclic) bond motifs is 1. The molecule has 1 aromatic heterocycles. The van der Waals surface area contributed by atoms with Gasteiger partial charge in [-0.3, -0.25) is 9.69 Å². The van der Waals surface area contributed by atoms with Crippen LogP contribution in [0.1, 0.15) is 42.6 Å². The first-order valence-corrected chi connectivity index (χ1v) is 14.5. The second-order valence-corrected chi connectivity index (χ2v) is 11.7. The Morgan fingerprint density at radius 1 is 0.917 bits per heavy atom. The van der Waals surface area contributed by atoms with E-state index >= 15 is 0 Å². The van der Waals surface area contributed by atoms with E-state index in [0.717, 1.165) is 23.1 Å². The standard InChI is InChI=1S/C27H28ClN3O3S2/c1-3-17-30(18-4-2)36(33,34)22-15-13-21(14-16-22)26(32)31(19-20-9-6-5-7-10-20)27-29-25-23(28)11-8-12-24(25)35-27/h5-16H,3-4,17-19H2,1-2H3. The van der Waals surface area contributed by atoms with Crippen LogP contribution in [0.3, 0.4) is 0 Å². The molecule has 9 heteroatoms. The van der Waals surface area contributed by atoms with Crippen molar-refractivity contribution in [1.82, 2.24) is 9.29 Å². The van der Waals surface area contributed by atoms with Gasteiger partial charge in [-0.15, -0.1) is 0 Å². The molecule has 0 atom stereocenters. The number of aromatic nitrogens is 1. The second kappa shape index (κ2) is 11.5. The number of hydrogen-bond acceptors (Lipinski definition) is 5. The van der Waals surface area contributed by atoms with E-state index in [9.17, 15) is 13.2 Å². The van der Waals surface area contributed by atoms with Gasteiger partial charge in [-0.25, -0.2) is 13.4 Å². The lowest BCUT2D eigenvalue weighted by molar-refractivity contribution is 0.0985. The maximum Gasteiger partial charge on any atom is 0.260 e. The summed E-state index contributed by atoms with van der Waals surface area (Å²) in [7, 11) is -3.63. The lowest BCUT2D eigenvalue weighted by Crippen LogP contribution is -2.33. The molecule has 36 heavy (non-hydrogen) atoms. The van der Waals surface area contributed by atoms with Crippen LogP contribution in [0, 0.1) is 0 Å². The summed E-state index contributed by atoms with van der Waals surface area (Å²) >= 11 is 7.73. The summed E-state index contributed by atoms with van der Waals surface area (Å²) < 4.78 is 28.6. The van der Waals surface area contributed by atoms with Crippen LogP contribution >= 0.6 is 22.9 Å². The van der Waals surface area contributed by atoms with E-state index in [-0.39, 0.29) is 10.8 Å². The number of thiazole rings is 1. The van der Waals surface area contributed by atoms with E-state index in [2.05, 4.69) is 4.98 Å². The predicted molar refractivity (Wildman–Crippen MR) is 147 cm³/mol. The third-order valence-corrected chi connectivity index (χ3v) is 8.96. The molecule has 0 unspecified atom stereocenters. The quantitative estimate of drug-likeness (QED) is 0.226. The van der Waals surface area contributed by atoms with E-state index < -0.39 is 10.0 Å². The lowest BCUT2D eigenvalue weighted by atomic mass is 10.1. The molecule has 4 aromatic rings. The highest BCUT2D eigenvalue weighted by molar-refractivity contribution is 7.89. The average Bonchev–Trinajstić information content (AvgIpc) is 3.33. The molecule has 4 rings (SSSR count). The molecule has 0 aliphatic carbocycles. The summed E-state index contributed by atoms with van der Waals surface area (Å²) in [5, 5.41) is 1.06. The third-order valence-electron chi connectivity index (χ3n) is 5.70. The zero-order valence-electron chi connectivity index (χ0n) is 20.2. The minimum absolute atomic E-state index is 0.183. The first kappa shape index (κ1) is 26.3. The number of sulfonamides is 1. The number of carbonyl (C=O) groups excluding carboxylic acids is 1. The summed E-state index contributed by atoms with van der Waals surface area (Å²) in [4.78, 5) is 20.2. The van der Waals surface area contributed by atoms with Crippen LogP contribution < -0.4 is 4.90 Å². The Hall–Kier alpha value is -2.78. The van der Waals surface area contributed by atoms with E-state index in [1.165, 1.54) is 27.8 Å². The minimum Gasteiger partial charge on any atom is -0.279 e. The zero-order chi connectivity index (χ0) is 25.7. The van der Waals surface area contributed by atoms with Gasteiger partial charge in [0.15, 0.2) is 5.13 Å². The second-order valence-electron chi connectivity index (χ2n) is 8.39. The smallest absolute Gasteiger partial charge is 0.260 e.